The Labute approximate surface area is 216 Å². The Hall–Kier alpha value is -4.33. The molecule has 0 aromatic heterocycles. The fraction of sp³-hybridized carbons (Fsp3) is 0.276. The van der Waals surface area contributed by atoms with Gasteiger partial charge in [0.05, 0.1) is 37.2 Å². The molecule has 1 heterocycles. The van der Waals surface area contributed by atoms with Gasteiger partial charge in [0.2, 0.25) is 0 Å². The first-order valence-electron chi connectivity index (χ1n) is 12.0. The minimum absolute atomic E-state index is 0.235. The summed E-state index contributed by atoms with van der Waals surface area (Å²) in [6.07, 6.45) is -0.489. The first-order valence-corrected chi connectivity index (χ1v) is 12.0. The zero-order valence-corrected chi connectivity index (χ0v) is 21.6. The Morgan fingerprint density at radius 3 is 2.08 bits per heavy atom. The molecule has 0 fully saturated rings. The van der Waals surface area contributed by atoms with Gasteiger partial charge >= 0.3 is 6.09 Å². The highest BCUT2D eigenvalue weighted by Crippen LogP contribution is 2.39. The van der Waals surface area contributed by atoms with E-state index in [4.69, 9.17) is 9.47 Å². The number of amides is 2. The van der Waals surface area contributed by atoms with Crippen LogP contribution in [0.2, 0.25) is 0 Å². The van der Waals surface area contributed by atoms with Crippen LogP contribution in [0.1, 0.15) is 50.8 Å². The molecule has 0 aliphatic carbocycles. The molecule has 4 rings (SSSR count). The quantitative estimate of drug-likeness (QED) is 0.449. The summed E-state index contributed by atoms with van der Waals surface area (Å²) in [5.41, 5.74) is 4.13. The molecule has 0 saturated heterocycles. The van der Waals surface area contributed by atoms with E-state index in [9.17, 15) is 19.5 Å². The van der Waals surface area contributed by atoms with E-state index >= 15 is 0 Å². The van der Waals surface area contributed by atoms with E-state index in [0.29, 0.717) is 46.0 Å². The van der Waals surface area contributed by atoms with E-state index in [2.05, 4.69) is 0 Å². The van der Waals surface area contributed by atoms with Crippen molar-refractivity contribution < 1.29 is 29.0 Å². The third-order valence-corrected chi connectivity index (χ3v) is 6.87. The Morgan fingerprint density at radius 2 is 1.51 bits per heavy atom. The summed E-state index contributed by atoms with van der Waals surface area (Å²) in [5.74, 6) is 0.444. The van der Waals surface area contributed by atoms with Crippen LogP contribution >= 0.6 is 0 Å². The van der Waals surface area contributed by atoms with Gasteiger partial charge in [-0.15, -0.1) is 0 Å². The summed E-state index contributed by atoms with van der Waals surface area (Å²) in [6.45, 7) is 5.99. The lowest BCUT2D eigenvalue weighted by molar-refractivity contribution is 0.0980. The topological polar surface area (TPSA) is 96.4 Å². The van der Waals surface area contributed by atoms with E-state index in [1.54, 1.807) is 47.4 Å². The van der Waals surface area contributed by atoms with Gasteiger partial charge in [-0.1, -0.05) is 19.1 Å². The Morgan fingerprint density at radius 1 is 0.892 bits per heavy atom. The van der Waals surface area contributed by atoms with Gasteiger partial charge in [0, 0.05) is 17.7 Å². The maximum Gasteiger partial charge on any atom is 0.412 e. The molecule has 0 bridgehead atoms. The number of carboxylic acid groups (broad SMARTS) is 1. The van der Waals surface area contributed by atoms with Gasteiger partial charge in [-0.25, -0.2) is 4.79 Å². The third-order valence-electron chi connectivity index (χ3n) is 6.87. The number of carbonyl (C=O) groups excluding carboxylic acids is 2. The normalized spacial score (nSPS) is 14.7. The second-order valence-electron chi connectivity index (χ2n) is 9.03. The number of anilines is 2. The van der Waals surface area contributed by atoms with Crippen molar-refractivity contribution in [2.45, 2.75) is 33.2 Å². The molecular formula is C29H30N2O6. The van der Waals surface area contributed by atoms with Crippen LogP contribution in [-0.2, 0) is 0 Å². The summed E-state index contributed by atoms with van der Waals surface area (Å²) < 4.78 is 10.6. The molecule has 8 nitrogen and oxygen atoms in total. The Bertz CT molecular complexity index is 1370. The van der Waals surface area contributed by atoms with Crippen molar-refractivity contribution >= 4 is 29.2 Å². The lowest BCUT2D eigenvalue weighted by Gasteiger charge is -2.41. The summed E-state index contributed by atoms with van der Waals surface area (Å²) in [7, 11) is 3.02. The predicted octanol–water partition coefficient (Wildman–Crippen LogP) is 5.48. The average Bonchev–Trinajstić information content (AvgIpc) is 2.91. The number of ether oxygens (including phenoxy) is 2. The molecule has 1 unspecified atom stereocenters. The van der Waals surface area contributed by atoms with Crippen LogP contribution in [0.15, 0.2) is 54.6 Å². The highest BCUT2D eigenvalue weighted by molar-refractivity contribution is 6.13. The van der Waals surface area contributed by atoms with Gasteiger partial charge < -0.3 is 19.5 Å². The zero-order chi connectivity index (χ0) is 26.9. The number of aryl methyl sites for hydroxylation is 2. The largest absolute Gasteiger partial charge is 0.497 e. The summed E-state index contributed by atoms with van der Waals surface area (Å²) in [4.78, 5) is 42.0. The minimum atomic E-state index is -1.04. The Kier molecular flexibility index (Phi) is 7.20. The number of benzene rings is 3. The number of ketones is 1. The summed E-state index contributed by atoms with van der Waals surface area (Å²) >= 11 is 0. The number of hydrogen-bond acceptors (Lipinski definition) is 5. The summed E-state index contributed by atoms with van der Waals surface area (Å²) in [6, 6.07) is 14.8. The van der Waals surface area contributed by atoms with Crippen molar-refractivity contribution in [3.8, 4) is 11.5 Å². The van der Waals surface area contributed by atoms with Crippen LogP contribution < -0.4 is 19.3 Å². The monoisotopic (exact) mass is 502 g/mol. The lowest BCUT2D eigenvalue weighted by atomic mass is 9.98. The maximum atomic E-state index is 13.7. The van der Waals surface area contributed by atoms with Crippen molar-refractivity contribution in [2.24, 2.45) is 0 Å². The van der Waals surface area contributed by atoms with Gasteiger partial charge in [0.25, 0.3) is 5.91 Å². The predicted molar refractivity (Wildman–Crippen MR) is 142 cm³/mol. The number of methoxy groups -OCH3 is 2. The fourth-order valence-electron chi connectivity index (χ4n) is 4.61. The van der Waals surface area contributed by atoms with Gasteiger partial charge in [-0.05, 0) is 73.9 Å². The molecule has 1 aliphatic heterocycles. The molecule has 3 aromatic rings. The molecular weight excluding hydrogens is 472 g/mol. The molecule has 192 valence electrons. The maximum absolute atomic E-state index is 13.7. The molecule has 0 spiro atoms. The standard InChI is InChI=1S/C29H30N2O6/c1-6-21-16-30(24-13-17(2)18(3)14-25(24)31(21)29(34)35)28(33)20-9-7-19(8-10-20)27(32)23-15-22(36-4)11-12-26(23)37-5/h7-15,21H,6,16H2,1-5H3,(H,34,35). The van der Waals surface area contributed by atoms with Crippen molar-refractivity contribution in [2.75, 3.05) is 30.6 Å². The van der Waals surface area contributed by atoms with Crippen LogP contribution in [-0.4, -0.2) is 49.7 Å². The molecule has 3 aromatic carbocycles. The van der Waals surface area contributed by atoms with E-state index in [1.807, 2.05) is 32.9 Å². The van der Waals surface area contributed by atoms with Gasteiger partial charge in [0.15, 0.2) is 5.78 Å². The molecule has 1 atom stereocenters. The molecule has 8 heteroatoms. The second-order valence-corrected chi connectivity index (χ2v) is 9.03. The summed E-state index contributed by atoms with van der Waals surface area (Å²) in [5, 5.41) is 9.91. The van der Waals surface area contributed by atoms with E-state index in [1.165, 1.54) is 19.1 Å². The molecule has 2 amide bonds. The van der Waals surface area contributed by atoms with Crippen LogP contribution in [0.5, 0.6) is 11.5 Å². The van der Waals surface area contributed by atoms with Crippen LogP contribution in [0.3, 0.4) is 0 Å². The number of hydrogen-bond donors (Lipinski definition) is 1. The number of carbonyl (C=O) groups is 3. The zero-order valence-electron chi connectivity index (χ0n) is 21.6. The van der Waals surface area contributed by atoms with Crippen molar-refractivity contribution in [1.29, 1.82) is 0 Å². The molecule has 37 heavy (non-hydrogen) atoms. The van der Waals surface area contributed by atoms with Gasteiger partial charge in [0.1, 0.15) is 11.5 Å². The lowest BCUT2D eigenvalue weighted by Crippen LogP contribution is -2.52. The fourth-order valence-corrected chi connectivity index (χ4v) is 4.61. The molecule has 0 saturated carbocycles. The third kappa shape index (κ3) is 4.74. The van der Waals surface area contributed by atoms with Gasteiger partial charge in [-0.2, -0.15) is 0 Å². The number of rotatable bonds is 6. The van der Waals surface area contributed by atoms with Crippen molar-refractivity contribution in [1.82, 2.24) is 0 Å². The van der Waals surface area contributed by atoms with E-state index in [-0.39, 0.29) is 24.3 Å². The highest BCUT2D eigenvalue weighted by atomic mass is 16.5. The van der Waals surface area contributed by atoms with Crippen LogP contribution in [0.4, 0.5) is 16.2 Å². The van der Waals surface area contributed by atoms with E-state index < -0.39 is 6.09 Å². The SMILES string of the molecule is CCC1CN(C(=O)c2ccc(C(=O)c3cc(OC)ccc3OC)cc2)c2cc(C)c(C)cc2N1C(=O)O. The first-order chi connectivity index (χ1) is 17.7. The van der Waals surface area contributed by atoms with Crippen molar-refractivity contribution in [3.05, 3.63) is 82.4 Å². The first kappa shape index (κ1) is 25.8. The number of fused-ring (bicyclic) bond motifs is 1. The van der Waals surface area contributed by atoms with Crippen LogP contribution in [0.25, 0.3) is 0 Å². The number of nitrogens with zero attached hydrogens (tertiary/aromatic N) is 2. The van der Waals surface area contributed by atoms with Crippen LogP contribution in [0, 0.1) is 13.8 Å². The van der Waals surface area contributed by atoms with Gasteiger partial charge in [-0.3, -0.25) is 14.5 Å². The molecule has 0 radical (unpaired) electrons. The average molecular weight is 503 g/mol. The minimum Gasteiger partial charge on any atom is -0.497 e. The van der Waals surface area contributed by atoms with E-state index in [0.717, 1.165) is 11.1 Å². The second kappa shape index (κ2) is 10.3. The van der Waals surface area contributed by atoms with Crippen molar-refractivity contribution in [3.63, 3.8) is 0 Å². The molecule has 1 aliphatic rings. The Balaban J connectivity index is 1.68. The smallest absolute Gasteiger partial charge is 0.412 e. The highest BCUT2D eigenvalue weighted by Gasteiger charge is 2.37. The molecule has 1 N–H and O–H groups in total.